The molecule has 1 aromatic carbocycles. The fourth-order valence-corrected chi connectivity index (χ4v) is 8.17. The molecule has 5 aliphatic rings. The number of nitrogens with one attached hydrogen (secondary N) is 1. The van der Waals surface area contributed by atoms with E-state index in [-0.39, 0.29) is 30.3 Å². The molecule has 4 aliphatic carbocycles. The van der Waals surface area contributed by atoms with Crippen molar-refractivity contribution in [2.45, 2.75) is 50.5 Å². The number of nitrogens with zero attached hydrogens (tertiary/aromatic N) is 1. The van der Waals surface area contributed by atoms with Gasteiger partial charge in [-0.3, -0.25) is 14.5 Å². The second-order valence-corrected chi connectivity index (χ2v) is 12.0. The van der Waals surface area contributed by atoms with Gasteiger partial charge >= 0.3 is 0 Å². The Bertz CT molecular complexity index is 1030. The topological polar surface area (TPSA) is 77.1 Å². The third-order valence-electron chi connectivity index (χ3n) is 7.86. The molecule has 1 saturated heterocycles. The molecule has 35 heavy (non-hydrogen) atoms. The van der Waals surface area contributed by atoms with Crippen LogP contribution in [0.3, 0.4) is 0 Å². The summed E-state index contributed by atoms with van der Waals surface area (Å²) in [4.78, 5) is 28.1. The lowest BCUT2D eigenvalue weighted by Crippen LogP contribution is -2.60. The van der Waals surface area contributed by atoms with Crippen LogP contribution in [0.25, 0.3) is 6.08 Å². The van der Waals surface area contributed by atoms with E-state index in [0.717, 1.165) is 42.6 Å². The number of hydrogen-bond donors (Lipinski definition) is 1. The quantitative estimate of drug-likeness (QED) is 0.406. The summed E-state index contributed by atoms with van der Waals surface area (Å²) in [6.07, 6.45) is 9.37. The lowest BCUT2D eigenvalue weighted by Gasteiger charge is -2.57. The first-order valence-corrected chi connectivity index (χ1v) is 13.4. The Kier molecular flexibility index (Phi) is 6.74. The molecule has 0 radical (unpaired) electrons. The molecular formula is C26H32N2O5S2. The SMILES string of the molecule is COc1cc(/C=C2\SC(=S)N(CCC(=O)NC34CC5CC(CC(C5)C3)C4)C2=O)cc(OC)c1OC. The van der Waals surface area contributed by atoms with E-state index in [1.165, 1.54) is 35.9 Å². The minimum atomic E-state index is -0.184. The van der Waals surface area contributed by atoms with Crippen molar-refractivity contribution < 1.29 is 23.8 Å². The van der Waals surface area contributed by atoms with E-state index >= 15 is 0 Å². The Morgan fingerprint density at radius 1 is 1.09 bits per heavy atom. The fraction of sp³-hybridized carbons (Fsp3) is 0.577. The van der Waals surface area contributed by atoms with Crippen LogP contribution in [0.2, 0.25) is 0 Å². The molecule has 6 rings (SSSR count). The van der Waals surface area contributed by atoms with E-state index in [0.29, 0.717) is 26.5 Å². The van der Waals surface area contributed by atoms with Gasteiger partial charge in [0.2, 0.25) is 11.7 Å². The minimum absolute atomic E-state index is 0.0202. The standard InChI is InChI=1S/C26H32N2O5S2/c1-31-19-9-15(10-20(32-2)23(19)33-3)11-21-24(30)28(25(34)35-21)5-4-22(29)27-26-12-16-6-17(13-26)8-18(7-16)14-26/h9-11,16-18H,4-8,12-14H2,1-3H3,(H,27,29)/b21-11-. The highest BCUT2D eigenvalue weighted by molar-refractivity contribution is 8.26. The van der Waals surface area contributed by atoms with Crippen LogP contribution >= 0.6 is 24.0 Å². The summed E-state index contributed by atoms with van der Waals surface area (Å²) in [5.74, 6) is 3.66. The average Bonchev–Trinajstić information content (AvgIpc) is 3.07. The molecule has 1 aliphatic heterocycles. The van der Waals surface area contributed by atoms with Crippen LogP contribution in [0.1, 0.15) is 50.5 Å². The van der Waals surface area contributed by atoms with Gasteiger partial charge in [0, 0.05) is 18.5 Å². The molecule has 0 unspecified atom stereocenters. The third-order valence-corrected chi connectivity index (χ3v) is 9.24. The van der Waals surface area contributed by atoms with Crippen molar-refractivity contribution >= 4 is 46.2 Å². The summed E-state index contributed by atoms with van der Waals surface area (Å²) in [6, 6.07) is 3.57. The summed E-state index contributed by atoms with van der Waals surface area (Å²) in [7, 11) is 4.65. The largest absolute Gasteiger partial charge is 0.493 e. The zero-order chi connectivity index (χ0) is 24.7. The molecule has 2 amide bonds. The van der Waals surface area contributed by atoms with Crippen LogP contribution in [0.4, 0.5) is 0 Å². The summed E-state index contributed by atoms with van der Waals surface area (Å²) in [6.45, 7) is 0.287. The Hall–Kier alpha value is -2.26. The van der Waals surface area contributed by atoms with Crippen LogP contribution in [0.5, 0.6) is 17.2 Å². The van der Waals surface area contributed by atoms with E-state index in [4.69, 9.17) is 26.4 Å². The highest BCUT2D eigenvalue weighted by Gasteiger charge is 2.51. The Morgan fingerprint density at radius 2 is 1.66 bits per heavy atom. The van der Waals surface area contributed by atoms with Crippen LogP contribution < -0.4 is 19.5 Å². The normalized spacial score (nSPS) is 30.2. The van der Waals surface area contributed by atoms with E-state index in [9.17, 15) is 9.59 Å². The van der Waals surface area contributed by atoms with Crippen molar-refractivity contribution in [3.63, 3.8) is 0 Å². The average molecular weight is 517 g/mol. The third kappa shape index (κ3) is 4.77. The summed E-state index contributed by atoms with van der Waals surface area (Å²) in [5, 5.41) is 3.38. The molecule has 1 heterocycles. The maximum Gasteiger partial charge on any atom is 0.266 e. The van der Waals surface area contributed by atoms with Crippen molar-refractivity contribution in [2.24, 2.45) is 17.8 Å². The van der Waals surface area contributed by atoms with Gasteiger partial charge in [0.1, 0.15) is 4.32 Å². The zero-order valence-electron chi connectivity index (χ0n) is 20.4. The molecule has 4 saturated carbocycles. The van der Waals surface area contributed by atoms with Gasteiger partial charge in [-0.15, -0.1) is 0 Å². The molecule has 1 aromatic rings. The molecule has 188 valence electrons. The Labute approximate surface area is 215 Å². The van der Waals surface area contributed by atoms with E-state index in [1.807, 2.05) is 0 Å². The predicted molar refractivity (Wildman–Crippen MR) is 140 cm³/mol. The van der Waals surface area contributed by atoms with Crippen LogP contribution in [-0.4, -0.2) is 54.4 Å². The number of benzene rings is 1. The molecule has 0 spiro atoms. The first kappa shape index (κ1) is 24.4. The number of rotatable bonds is 8. The number of ether oxygens (including phenoxy) is 3. The Morgan fingerprint density at radius 3 is 2.17 bits per heavy atom. The Balaban J connectivity index is 1.23. The van der Waals surface area contributed by atoms with Gasteiger partial charge in [0.05, 0.1) is 26.2 Å². The number of carbonyl (C=O) groups excluding carboxylic acids is 2. The fourth-order valence-electron chi connectivity index (χ4n) is 6.86. The molecule has 9 heteroatoms. The van der Waals surface area contributed by atoms with Crippen molar-refractivity contribution in [1.82, 2.24) is 10.2 Å². The lowest BCUT2D eigenvalue weighted by atomic mass is 9.53. The van der Waals surface area contributed by atoms with Gasteiger partial charge in [0.15, 0.2) is 11.5 Å². The second kappa shape index (κ2) is 9.65. The van der Waals surface area contributed by atoms with Gasteiger partial charge in [-0.05, 0) is 80.1 Å². The van der Waals surface area contributed by atoms with Crippen molar-refractivity contribution in [2.75, 3.05) is 27.9 Å². The molecular weight excluding hydrogens is 484 g/mol. The molecule has 5 fully saturated rings. The first-order chi connectivity index (χ1) is 16.8. The molecule has 0 atom stereocenters. The molecule has 0 aromatic heterocycles. The molecule has 1 N–H and O–H groups in total. The summed E-state index contributed by atoms with van der Waals surface area (Å²) < 4.78 is 16.7. The molecule has 4 bridgehead atoms. The van der Waals surface area contributed by atoms with E-state index in [2.05, 4.69) is 5.32 Å². The van der Waals surface area contributed by atoms with E-state index in [1.54, 1.807) is 39.5 Å². The summed E-state index contributed by atoms with van der Waals surface area (Å²) in [5.41, 5.74) is 0.716. The van der Waals surface area contributed by atoms with Crippen molar-refractivity contribution in [3.05, 3.63) is 22.6 Å². The monoisotopic (exact) mass is 516 g/mol. The molecule has 7 nitrogen and oxygen atoms in total. The number of hydrogen-bond acceptors (Lipinski definition) is 7. The van der Waals surface area contributed by atoms with Gasteiger partial charge in [0.25, 0.3) is 5.91 Å². The smallest absolute Gasteiger partial charge is 0.266 e. The van der Waals surface area contributed by atoms with E-state index < -0.39 is 0 Å². The highest BCUT2D eigenvalue weighted by Crippen LogP contribution is 2.55. The van der Waals surface area contributed by atoms with Gasteiger partial charge in [-0.2, -0.15) is 0 Å². The minimum Gasteiger partial charge on any atom is -0.493 e. The number of thioether (sulfide) groups is 1. The van der Waals surface area contributed by atoms with Crippen LogP contribution in [0, 0.1) is 17.8 Å². The van der Waals surface area contributed by atoms with Crippen molar-refractivity contribution in [3.8, 4) is 17.2 Å². The number of amides is 2. The van der Waals surface area contributed by atoms with Gasteiger partial charge in [-0.1, -0.05) is 24.0 Å². The summed E-state index contributed by atoms with van der Waals surface area (Å²) >= 11 is 6.72. The number of thiocarbonyl (C=S) groups is 1. The second-order valence-electron chi connectivity index (χ2n) is 10.3. The first-order valence-electron chi connectivity index (χ1n) is 12.2. The van der Waals surface area contributed by atoms with Crippen LogP contribution in [0.15, 0.2) is 17.0 Å². The predicted octanol–water partition coefficient (Wildman–Crippen LogP) is 4.39. The maximum atomic E-state index is 13.1. The number of carbonyl (C=O) groups is 2. The zero-order valence-corrected chi connectivity index (χ0v) is 22.1. The van der Waals surface area contributed by atoms with Crippen LogP contribution in [-0.2, 0) is 9.59 Å². The highest BCUT2D eigenvalue weighted by atomic mass is 32.2. The maximum absolute atomic E-state index is 13.1. The number of methoxy groups -OCH3 is 3. The van der Waals surface area contributed by atoms with Gasteiger partial charge in [-0.25, -0.2) is 0 Å². The van der Waals surface area contributed by atoms with Crippen molar-refractivity contribution in [1.29, 1.82) is 0 Å². The van der Waals surface area contributed by atoms with Gasteiger partial charge < -0.3 is 19.5 Å². The lowest BCUT2D eigenvalue weighted by molar-refractivity contribution is -0.127.